The maximum Gasteiger partial charge on any atom is 0.108 e. The van der Waals surface area contributed by atoms with Gasteiger partial charge in [0.1, 0.15) is 6.17 Å². The SMILES string of the molecule is Cc1cc(C2N(C)C(c3cccc4ccccc34)=CC(c3cccc4ccccc34)N2C)cc(C)c1-c1ccccc1. The number of hydrogen-bond acceptors (Lipinski definition) is 2. The van der Waals surface area contributed by atoms with Gasteiger partial charge in [0.05, 0.1) is 6.04 Å². The topological polar surface area (TPSA) is 6.48 Å². The van der Waals surface area contributed by atoms with E-state index in [4.69, 9.17) is 0 Å². The van der Waals surface area contributed by atoms with Crippen LogP contribution in [0.15, 0.2) is 133 Å². The molecule has 42 heavy (non-hydrogen) atoms. The van der Waals surface area contributed by atoms with Crippen LogP contribution in [-0.4, -0.2) is 23.9 Å². The molecule has 2 heteroatoms. The van der Waals surface area contributed by atoms with Crippen molar-refractivity contribution in [3.63, 3.8) is 0 Å². The molecule has 2 nitrogen and oxygen atoms in total. The lowest BCUT2D eigenvalue weighted by Gasteiger charge is -2.46. The number of benzene rings is 6. The van der Waals surface area contributed by atoms with Crippen molar-refractivity contribution in [1.29, 1.82) is 0 Å². The maximum atomic E-state index is 2.53. The number of nitrogens with zero attached hydrogens (tertiary/aromatic N) is 2. The summed E-state index contributed by atoms with van der Waals surface area (Å²) in [4.78, 5) is 5.01. The Kier molecular flexibility index (Phi) is 6.64. The molecule has 0 N–H and O–H groups in total. The second-order valence-corrected chi connectivity index (χ2v) is 11.6. The van der Waals surface area contributed by atoms with Crippen LogP contribution in [0.4, 0.5) is 0 Å². The Hall–Kier alpha value is -4.66. The minimum absolute atomic E-state index is 0.0511. The van der Waals surface area contributed by atoms with E-state index in [2.05, 4.69) is 171 Å². The Balaban J connectivity index is 1.44. The molecule has 0 saturated carbocycles. The Morgan fingerprint density at radius 1 is 0.571 bits per heavy atom. The van der Waals surface area contributed by atoms with Crippen molar-refractivity contribution in [2.75, 3.05) is 14.1 Å². The van der Waals surface area contributed by atoms with Crippen molar-refractivity contribution in [2.45, 2.75) is 26.1 Å². The average Bonchev–Trinajstić information content (AvgIpc) is 3.01. The van der Waals surface area contributed by atoms with Crippen LogP contribution in [0.1, 0.15) is 40.0 Å². The Bertz CT molecular complexity index is 1920. The molecule has 0 saturated heterocycles. The van der Waals surface area contributed by atoms with E-state index in [-0.39, 0.29) is 12.2 Å². The van der Waals surface area contributed by atoms with Crippen LogP contribution < -0.4 is 0 Å². The third kappa shape index (κ3) is 4.40. The van der Waals surface area contributed by atoms with Gasteiger partial charge in [-0.15, -0.1) is 0 Å². The van der Waals surface area contributed by atoms with Gasteiger partial charge in [0, 0.05) is 18.3 Å². The number of hydrogen-bond donors (Lipinski definition) is 0. The van der Waals surface area contributed by atoms with Gasteiger partial charge in [0.25, 0.3) is 0 Å². The van der Waals surface area contributed by atoms with Crippen LogP contribution in [0, 0.1) is 13.8 Å². The quantitative estimate of drug-likeness (QED) is 0.218. The fraction of sp³-hybridized carbons (Fsp3) is 0.150. The highest BCUT2D eigenvalue weighted by Crippen LogP contribution is 2.45. The standard InChI is InChI=1S/C40H36N2/c1-27-24-32(25-28(2)39(27)31-16-6-5-7-17-31)40-41(3)37(35-22-12-18-29-14-8-10-20-33(29)35)26-38(42(40)4)36-23-13-19-30-15-9-11-21-34(30)36/h5-26,37,40H,1-4H3. The minimum Gasteiger partial charge on any atom is -0.355 e. The lowest BCUT2D eigenvalue weighted by atomic mass is 9.89. The molecular weight excluding hydrogens is 508 g/mol. The predicted molar refractivity (Wildman–Crippen MR) is 178 cm³/mol. The summed E-state index contributed by atoms with van der Waals surface area (Å²) in [6.45, 7) is 4.51. The van der Waals surface area contributed by atoms with E-state index < -0.39 is 0 Å². The highest BCUT2D eigenvalue weighted by Gasteiger charge is 2.35. The van der Waals surface area contributed by atoms with Crippen molar-refractivity contribution in [3.05, 3.63) is 161 Å². The summed E-state index contributed by atoms with van der Waals surface area (Å²) < 4.78 is 0. The molecule has 0 bridgehead atoms. The Labute approximate surface area is 249 Å². The highest BCUT2D eigenvalue weighted by molar-refractivity contribution is 5.94. The molecule has 0 radical (unpaired) electrons. The van der Waals surface area contributed by atoms with E-state index >= 15 is 0 Å². The Morgan fingerprint density at radius 3 is 1.86 bits per heavy atom. The third-order valence-electron chi connectivity index (χ3n) is 9.01. The zero-order valence-corrected chi connectivity index (χ0v) is 24.8. The van der Waals surface area contributed by atoms with Crippen molar-refractivity contribution in [2.24, 2.45) is 0 Å². The molecule has 6 aromatic carbocycles. The van der Waals surface area contributed by atoms with Crippen LogP contribution >= 0.6 is 0 Å². The molecule has 0 aliphatic carbocycles. The van der Waals surface area contributed by atoms with Gasteiger partial charge in [-0.1, -0.05) is 127 Å². The van der Waals surface area contributed by atoms with E-state index in [1.165, 1.54) is 66.2 Å². The number of likely N-dealkylation sites (N-methyl/N-ethyl adjacent to an activating group) is 1. The molecule has 1 aliphatic heterocycles. The summed E-state index contributed by atoms with van der Waals surface area (Å²) in [5.41, 5.74) is 10.4. The van der Waals surface area contributed by atoms with Gasteiger partial charge in [-0.2, -0.15) is 0 Å². The van der Waals surface area contributed by atoms with Gasteiger partial charge in [0.15, 0.2) is 0 Å². The van der Waals surface area contributed by atoms with Crippen molar-refractivity contribution >= 4 is 27.2 Å². The van der Waals surface area contributed by atoms with E-state index in [0.29, 0.717) is 0 Å². The van der Waals surface area contributed by atoms with Gasteiger partial charge in [-0.25, -0.2) is 0 Å². The number of fused-ring (bicyclic) bond motifs is 2. The first-order valence-electron chi connectivity index (χ1n) is 14.8. The molecule has 206 valence electrons. The summed E-state index contributed by atoms with van der Waals surface area (Å²) in [7, 11) is 4.53. The third-order valence-corrected chi connectivity index (χ3v) is 9.01. The van der Waals surface area contributed by atoms with Gasteiger partial charge < -0.3 is 4.90 Å². The number of rotatable bonds is 4. The average molecular weight is 545 g/mol. The monoisotopic (exact) mass is 544 g/mol. The first-order chi connectivity index (χ1) is 20.5. The smallest absolute Gasteiger partial charge is 0.108 e. The van der Waals surface area contributed by atoms with Crippen molar-refractivity contribution < 1.29 is 0 Å². The molecule has 0 spiro atoms. The molecule has 1 aliphatic rings. The minimum atomic E-state index is 0.0511. The normalized spacial score (nSPS) is 17.5. The molecule has 0 fully saturated rings. The second-order valence-electron chi connectivity index (χ2n) is 11.6. The summed E-state index contributed by atoms with van der Waals surface area (Å²) in [5.74, 6) is 0. The largest absolute Gasteiger partial charge is 0.355 e. The van der Waals surface area contributed by atoms with E-state index in [1.54, 1.807) is 0 Å². The summed E-state index contributed by atoms with van der Waals surface area (Å²) >= 11 is 0. The molecular formula is C40H36N2. The molecule has 0 amide bonds. The van der Waals surface area contributed by atoms with Crippen LogP contribution in [0.25, 0.3) is 38.4 Å². The van der Waals surface area contributed by atoms with Gasteiger partial charge in [-0.05, 0) is 81.9 Å². The van der Waals surface area contributed by atoms with Crippen LogP contribution in [0.2, 0.25) is 0 Å². The van der Waals surface area contributed by atoms with Gasteiger partial charge >= 0.3 is 0 Å². The van der Waals surface area contributed by atoms with E-state index in [1.807, 2.05) is 0 Å². The molecule has 1 heterocycles. The first kappa shape index (κ1) is 26.3. The maximum absolute atomic E-state index is 2.53. The summed E-state index contributed by atoms with van der Waals surface area (Å²) in [6, 6.07) is 46.6. The zero-order chi connectivity index (χ0) is 28.8. The molecule has 2 atom stereocenters. The van der Waals surface area contributed by atoms with E-state index in [0.717, 1.165) is 0 Å². The highest BCUT2D eigenvalue weighted by atomic mass is 15.4. The zero-order valence-electron chi connectivity index (χ0n) is 24.8. The van der Waals surface area contributed by atoms with E-state index in [9.17, 15) is 0 Å². The molecule has 7 rings (SSSR count). The van der Waals surface area contributed by atoms with Crippen molar-refractivity contribution in [1.82, 2.24) is 9.80 Å². The van der Waals surface area contributed by atoms with Crippen LogP contribution in [0.5, 0.6) is 0 Å². The van der Waals surface area contributed by atoms with Gasteiger partial charge in [0.2, 0.25) is 0 Å². The molecule has 6 aromatic rings. The molecule has 0 aromatic heterocycles. The van der Waals surface area contributed by atoms with Crippen LogP contribution in [0.3, 0.4) is 0 Å². The fourth-order valence-electron chi connectivity index (χ4n) is 7.15. The number of aryl methyl sites for hydroxylation is 2. The van der Waals surface area contributed by atoms with Gasteiger partial charge in [-0.3, -0.25) is 4.90 Å². The second kappa shape index (κ2) is 10.6. The Morgan fingerprint density at radius 2 is 1.14 bits per heavy atom. The first-order valence-corrected chi connectivity index (χ1v) is 14.8. The lowest BCUT2D eigenvalue weighted by molar-refractivity contribution is 0.0883. The summed E-state index contributed by atoms with van der Waals surface area (Å²) in [6.07, 6.45) is 2.52. The summed E-state index contributed by atoms with van der Waals surface area (Å²) in [5, 5.41) is 5.13. The van der Waals surface area contributed by atoms with Crippen molar-refractivity contribution in [3.8, 4) is 11.1 Å². The predicted octanol–water partition coefficient (Wildman–Crippen LogP) is 9.94. The lowest BCUT2D eigenvalue weighted by Crippen LogP contribution is -2.42. The van der Waals surface area contributed by atoms with Crippen LogP contribution in [-0.2, 0) is 0 Å². The fourth-order valence-corrected chi connectivity index (χ4v) is 7.15. The molecule has 2 unspecified atom stereocenters.